The number of phenols is 1. The fourth-order valence-corrected chi connectivity index (χ4v) is 2.59. The average Bonchev–Trinajstić information content (AvgIpc) is 2.78. The van der Waals surface area contributed by atoms with Crippen molar-refractivity contribution < 1.29 is 5.11 Å². The van der Waals surface area contributed by atoms with Crippen LogP contribution in [-0.4, -0.2) is 14.7 Å². The van der Waals surface area contributed by atoms with E-state index in [0.717, 1.165) is 29.8 Å². The molecule has 0 fully saturated rings. The molecule has 3 rings (SSSR count). The molecule has 0 aliphatic rings. The first-order chi connectivity index (χ1) is 9.70. The third-order valence-electron chi connectivity index (χ3n) is 3.30. The number of hydrogen-bond acceptors (Lipinski definition) is 2. The minimum Gasteiger partial charge on any atom is -0.507 e. The normalized spacial score (nSPS) is 11.1. The van der Waals surface area contributed by atoms with E-state index in [-0.39, 0.29) is 5.75 Å². The molecule has 0 spiro atoms. The van der Waals surface area contributed by atoms with Crippen molar-refractivity contribution in [2.75, 3.05) is 0 Å². The first-order valence-corrected chi connectivity index (χ1v) is 7.02. The smallest absolute Gasteiger partial charge is 0.144 e. The minimum atomic E-state index is 0.158. The molecular formula is C16H15ClN2O. The molecule has 0 amide bonds. The monoisotopic (exact) mass is 286 g/mol. The van der Waals surface area contributed by atoms with Gasteiger partial charge in [-0.3, -0.25) is 0 Å². The van der Waals surface area contributed by atoms with Crippen molar-refractivity contribution in [1.29, 1.82) is 0 Å². The third kappa shape index (κ3) is 2.14. The zero-order chi connectivity index (χ0) is 14.1. The lowest BCUT2D eigenvalue weighted by Crippen LogP contribution is -1.99. The highest BCUT2D eigenvalue weighted by atomic mass is 35.5. The largest absolute Gasteiger partial charge is 0.507 e. The molecule has 0 saturated heterocycles. The fraction of sp³-hybridized carbons (Fsp3) is 0.188. The standard InChI is InChI=1S/C16H15ClN2O/c1-2-9-19-14-6-4-3-5-13(14)18-16(19)12-8-7-11(17)10-15(12)20/h3-8,10,20H,2,9H2,1H3. The van der Waals surface area contributed by atoms with Crippen molar-refractivity contribution in [3.05, 3.63) is 47.5 Å². The number of benzene rings is 2. The Bertz CT molecular complexity index is 764. The number of nitrogens with zero attached hydrogens (tertiary/aromatic N) is 2. The van der Waals surface area contributed by atoms with Crippen molar-refractivity contribution in [2.24, 2.45) is 0 Å². The van der Waals surface area contributed by atoms with Crippen LogP contribution in [0.15, 0.2) is 42.5 Å². The van der Waals surface area contributed by atoms with Gasteiger partial charge in [0.1, 0.15) is 11.6 Å². The van der Waals surface area contributed by atoms with Gasteiger partial charge in [-0.1, -0.05) is 30.7 Å². The number of para-hydroxylation sites is 2. The highest BCUT2D eigenvalue weighted by Gasteiger charge is 2.14. The van der Waals surface area contributed by atoms with Crippen LogP contribution in [0.5, 0.6) is 5.75 Å². The minimum absolute atomic E-state index is 0.158. The van der Waals surface area contributed by atoms with Crippen LogP contribution in [-0.2, 0) is 6.54 Å². The average molecular weight is 287 g/mol. The molecule has 1 aromatic heterocycles. The second-order valence-corrected chi connectivity index (χ2v) is 5.17. The predicted molar refractivity (Wildman–Crippen MR) is 82.1 cm³/mol. The number of hydrogen-bond donors (Lipinski definition) is 1. The van der Waals surface area contributed by atoms with Crippen LogP contribution in [0.1, 0.15) is 13.3 Å². The first-order valence-electron chi connectivity index (χ1n) is 6.65. The quantitative estimate of drug-likeness (QED) is 0.771. The molecule has 0 unspecified atom stereocenters. The maximum atomic E-state index is 10.1. The molecule has 0 aliphatic heterocycles. The molecule has 0 saturated carbocycles. The molecule has 0 radical (unpaired) electrons. The number of fused-ring (bicyclic) bond motifs is 1. The summed E-state index contributed by atoms with van der Waals surface area (Å²) >= 11 is 5.90. The zero-order valence-corrected chi connectivity index (χ0v) is 11.9. The molecule has 4 heteroatoms. The van der Waals surface area contributed by atoms with Gasteiger partial charge in [0, 0.05) is 11.6 Å². The number of imidazole rings is 1. The molecule has 0 bridgehead atoms. The summed E-state index contributed by atoms with van der Waals surface area (Å²) < 4.78 is 2.14. The summed E-state index contributed by atoms with van der Waals surface area (Å²) in [4.78, 5) is 4.65. The lowest BCUT2D eigenvalue weighted by molar-refractivity contribution is 0.476. The number of phenolic OH excluding ortho intramolecular Hbond substituents is 1. The van der Waals surface area contributed by atoms with E-state index in [4.69, 9.17) is 11.6 Å². The fourth-order valence-electron chi connectivity index (χ4n) is 2.42. The van der Waals surface area contributed by atoms with Gasteiger partial charge in [0.15, 0.2) is 0 Å². The van der Waals surface area contributed by atoms with Crippen LogP contribution in [0, 0.1) is 0 Å². The predicted octanol–water partition coefficient (Wildman–Crippen LogP) is 4.47. The molecule has 1 heterocycles. The zero-order valence-electron chi connectivity index (χ0n) is 11.2. The van der Waals surface area contributed by atoms with E-state index in [1.807, 2.05) is 24.3 Å². The number of aromatic nitrogens is 2. The number of halogens is 1. The number of aryl methyl sites for hydroxylation is 1. The second-order valence-electron chi connectivity index (χ2n) is 4.74. The molecule has 0 atom stereocenters. The molecule has 102 valence electrons. The van der Waals surface area contributed by atoms with Crippen LogP contribution in [0.4, 0.5) is 0 Å². The lowest BCUT2D eigenvalue weighted by Gasteiger charge is -2.09. The van der Waals surface area contributed by atoms with E-state index in [1.165, 1.54) is 0 Å². The third-order valence-corrected chi connectivity index (χ3v) is 3.54. The molecule has 1 N–H and O–H groups in total. The van der Waals surface area contributed by atoms with Gasteiger partial charge in [0.25, 0.3) is 0 Å². The Kier molecular flexibility index (Phi) is 3.36. The summed E-state index contributed by atoms with van der Waals surface area (Å²) in [5.74, 6) is 0.937. The Morgan fingerprint density at radius 1 is 1.20 bits per heavy atom. The van der Waals surface area contributed by atoms with Crippen LogP contribution >= 0.6 is 11.6 Å². The van der Waals surface area contributed by atoms with E-state index < -0.39 is 0 Å². The highest BCUT2D eigenvalue weighted by molar-refractivity contribution is 6.30. The van der Waals surface area contributed by atoms with E-state index in [9.17, 15) is 5.11 Å². The van der Waals surface area contributed by atoms with Gasteiger partial charge in [-0.15, -0.1) is 0 Å². The van der Waals surface area contributed by atoms with Gasteiger partial charge < -0.3 is 9.67 Å². The maximum Gasteiger partial charge on any atom is 0.144 e. The van der Waals surface area contributed by atoms with E-state index >= 15 is 0 Å². The first kappa shape index (κ1) is 13.0. The summed E-state index contributed by atoms with van der Waals surface area (Å²) in [6.45, 7) is 2.98. The number of rotatable bonds is 3. The summed E-state index contributed by atoms with van der Waals surface area (Å²) in [6, 6.07) is 13.1. The van der Waals surface area contributed by atoms with Gasteiger partial charge in [-0.05, 0) is 36.8 Å². The van der Waals surface area contributed by atoms with E-state index in [2.05, 4.69) is 22.5 Å². The molecule has 3 aromatic rings. The van der Waals surface area contributed by atoms with Crippen LogP contribution in [0.25, 0.3) is 22.4 Å². The summed E-state index contributed by atoms with van der Waals surface area (Å²) in [5, 5.41) is 10.6. The topological polar surface area (TPSA) is 38.0 Å². The Hall–Kier alpha value is -2.00. The van der Waals surface area contributed by atoms with E-state index in [1.54, 1.807) is 12.1 Å². The van der Waals surface area contributed by atoms with Crippen molar-refractivity contribution in [3.63, 3.8) is 0 Å². The Labute approximate surface area is 122 Å². The van der Waals surface area contributed by atoms with Crippen LogP contribution < -0.4 is 0 Å². The van der Waals surface area contributed by atoms with Crippen molar-refractivity contribution in [2.45, 2.75) is 19.9 Å². The summed E-state index contributed by atoms with van der Waals surface area (Å²) in [6.07, 6.45) is 1.00. The highest BCUT2D eigenvalue weighted by Crippen LogP contribution is 2.33. The van der Waals surface area contributed by atoms with Crippen LogP contribution in [0.2, 0.25) is 5.02 Å². The van der Waals surface area contributed by atoms with Gasteiger partial charge >= 0.3 is 0 Å². The van der Waals surface area contributed by atoms with Crippen molar-refractivity contribution >= 4 is 22.6 Å². The summed E-state index contributed by atoms with van der Waals surface area (Å²) in [7, 11) is 0. The number of aromatic hydroxyl groups is 1. The van der Waals surface area contributed by atoms with Gasteiger partial charge in [-0.25, -0.2) is 4.98 Å². The molecule has 0 aliphatic carbocycles. The molecule has 3 nitrogen and oxygen atoms in total. The lowest BCUT2D eigenvalue weighted by atomic mass is 10.2. The van der Waals surface area contributed by atoms with Gasteiger partial charge in [0.05, 0.1) is 16.6 Å². The van der Waals surface area contributed by atoms with E-state index in [0.29, 0.717) is 10.6 Å². The van der Waals surface area contributed by atoms with Gasteiger partial charge in [0.2, 0.25) is 0 Å². The molecule has 2 aromatic carbocycles. The Balaban J connectivity index is 2.26. The Morgan fingerprint density at radius 3 is 2.75 bits per heavy atom. The van der Waals surface area contributed by atoms with Crippen molar-refractivity contribution in [1.82, 2.24) is 9.55 Å². The molecular weight excluding hydrogens is 272 g/mol. The second kappa shape index (κ2) is 5.17. The van der Waals surface area contributed by atoms with Crippen molar-refractivity contribution in [3.8, 4) is 17.1 Å². The maximum absolute atomic E-state index is 10.1. The van der Waals surface area contributed by atoms with Gasteiger partial charge in [-0.2, -0.15) is 0 Å². The molecule has 20 heavy (non-hydrogen) atoms. The summed E-state index contributed by atoms with van der Waals surface area (Å²) in [5.41, 5.74) is 2.73. The van der Waals surface area contributed by atoms with Crippen LogP contribution in [0.3, 0.4) is 0 Å². The SMILES string of the molecule is CCCn1c(-c2ccc(Cl)cc2O)nc2ccccc21. The Morgan fingerprint density at radius 2 is 2.00 bits per heavy atom.